The first kappa shape index (κ1) is 15.0. The number of carboxylic acid groups (broad SMARTS) is 1. The maximum absolute atomic E-state index is 12.3. The molecule has 2 aromatic carbocycles. The summed E-state index contributed by atoms with van der Waals surface area (Å²) in [7, 11) is 0. The number of para-hydroxylation sites is 1. The highest BCUT2D eigenvalue weighted by Gasteiger charge is 2.12. The average molecular weight is 334 g/mol. The molecule has 0 unspecified atom stereocenters. The number of furan rings is 1. The molecule has 0 saturated carbocycles. The monoisotopic (exact) mass is 334 g/mol. The Morgan fingerprint density at radius 2 is 1.96 bits per heavy atom. The number of benzene rings is 2. The van der Waals surface area contributed by atoms with Gasteiger partial charge in [0.05, 0.1) is 6.42 Å². The Kier molecular flexibility index (Phi) is 3.50. The zero-order valence-electron chi connectivity index (χ0n) is 13.1. The zero-order valence-corrected chi connectivity index (χ0v) is 13.1. The van der Waals surface area contributed by atoms with Gasteiger partial charge in [0.15, 0.2) is 0 Å². The van der Waals surface area contributed by atoms with Crippen molar-refractivity contribution in [2.45, 2.75) is 6.42 Å². The topological polar surface area (TPSA) is 95.3 Å². The number of hydrogen-bond acceptors (Lipinski definition) is 3. The standard InChI is InChI=1S/C19H14N2O4/c22-18(9-12-10-20-15-4-2-1-3-14(12)15)21-13-5-6-16-11(7-13)8-17(25-16)19(23)24/h1-8,10,20H,9H2,(H,21,22)(H,23,24). The van der Waals surface area contributed by atoms with Crippen molar-refractivity contribution in [3.05, 3.63) is 66.1 Å². The number of carboxylic acids is 1. The van der Waals surface area contributed by atoms with E-state index in [4.69, 9.17) is 9.52 Å². The Hall–Kier alpha value is -3.54. The molecule has 4 rings (SSSR count). The molecule has 0 atom stereocenters. The third kappa shape index (κ3) is 2.85. The van der Waals surface area contributed by atoms with Crippen molar-refractivity contribution in [2.24, 2.45) is 0 Å². The van der Waals surface area contributed by atoms with E-state index in [1.165, 1.54) is 6.07 Å². The van der Waals surface area contributed by atoms with Crippen LogP contribution in [0.1, 0.15) is 16.1 Å². The van der Waals surface area contributed by atoms with Crippen LogP contribution in [0, 0.1) is 0 Å². The summed E-state index contributed by atoms with van der Waals surface area (Å²) < 4.78 is 5.21. The number of nitrogens with one attached hydrogen (secondary N) is 2. The molecule has 0 bridgehead atoms. The lowest BCUT2D eigenvalue weighted by Crippen LogP contribution is -2.14. The Morgan fingerprint density at radius 1 is 1.12 bits per heavy atom. The number of hydrogen-bond donors (Lipinski definition) is 3. The smallest absolute Gasteiger partial charge is 0.371 e. The lowest BCUT2D eigenvalue weighted by molar-refractivity contribution is -0.115. The summed E-state index contributed by atoms with van der Waals surface area (Å²) in [5.41, 5.74) is 2.97. The highest BCUT2D eigenvalue weighted by molar-refractivity contribution is 5.98. The maximum atomic E-state index is 12.3. The van der Waals surface area contributed by atoms with Gasteiger partial charge in [0.1, 0.15) is 5.58 Å². The van der Waals surface area contributed by atoms with Crippen molar-refractivity contribution in [1.82, 2.24) is 4.98 Å². The second kappa shape index (κ2) is 5.83. The van der Waals surface area contributed by atoms with Gasteiger partial charge in [-0.15, -0.1) is 0 Å². The predicted octanol–water partition coefficient (Wildman–Crippen LogP) is 3.79. The fraction of sp³-hybridized carbons (Fsp3) is 0.0526. The lowest BCUT2D eigenvalue weighted by Gasteiger charge is -2.05. The maximum Gasteiger partial charge on any atom is 0.371 e. The first-order valence-electron chi connectivity index (χ1n) is 7.72. The number of H-pyrrole nitrogens is 1. The van der Waals surface area contributed by atoms with Gasteiger partial charge in [0.2, 0.25) is 11.7 Å². The molecular formula is C19H14N2O4. The third-order valence-corrected chi connectivity index (χ3v) is 4.04. The quantitative estimate of drug-likeness (QED) is 0.529. The molecule has 0 aliphatic carbocycles. The van der Waals surface area contributed by atoms with Gasteiger partial charge in [-0.25, -0.2) is 4.79 Å². The molecule has 6 heteroatoms. The van der Waals surface area contributed by atoms with E-state index in [1.54, 1.807) is 18.2 Å². The van der Waals surface area contributed by atoms with Crippen molar-refractivity contribution < 1.29 is 19.1 Å². The van der Waals surface area contributed by atoms with Gasteiger partial charge in [-0.3, -0.25) is 4.79 Å². The van der Waals surface area contributed by atoms with Crippen molar-refractivity contribution in [3.8, 4) is 0 Å². The largest absolute Gasteiger partial charge is 0.475 e. The van der Waals surface area contributed by atoms with Crippen LogP contribution in [-0.4, -0.2) is 22.0 Å². The minimum Gasteiger partial charge on any atom is -0.475 e. The second-order valence-corrected chi connectivity index (χ2v) is 5.75. The first-order valence-corrected chi connectivity index (χ1v) is 7.72. The van der Waals surface area contributed by atoms with Gasteiger partial charge >= 0.3 is 5.97 Å². The average Bonchev–Trinajstić information content (AvgIpc) is 3.19. The van der Waals surface area contributed by atoms with Gasteiger partial charge in [0, 0.05) is 28.2 Å². The Balaban J connectivity index is 1.54. The molecule has 2 heterocycles. The van der Waals surface area contributed by atoms with Gasteiger partial charge in [-0.1, -0.05) is 18.2 Å². The third-order valence-electron chi connectivity index (χ3n) is 4.04. The number of amides is 1. The van der Waals surface area contributed by atoms with Gasteiger partial charge in [0.25, 0.3) is 0 Å². The summed E-state index contributed by atoms with van der Waals surface area (Å²) in [5, 5.41) is 13.4. The molecule has 0 saturated heterocycles. The van der Waals surface area contributed by atoms with Gasteiger partial charge in [-0.2, -0.15) is 0 Å². The van der Waals surface area contributed by atoms with Crippen LogP contribution < -0.4 is 5.32 Å². The van der Waals surface area contributed by atoms with E-state index in [-0.39, 0.29) is 18.1 Å². The van der Waals surface area contributed by atoms with E-state index in [1.807, 2.05) is 30.5 Å². The lowest BCUT2D eigenvalue weighted by atomic mass is 10.1. The molecule has 124 valence electrons. The van der Waals surface area contributed by atoms with Crippen LogP contribution in [0.15, 0.2) is 59.1 Å². The highest BCUT2D eigenvalue weighted by atomic mass is 16.4. The minimum atomic E-state index is -1.12. The number of aromatic amines is 1. The Labute approximate surface area is 142 Å². The highest BCUT2D eigenvalue weighted by Crippen LogP contribution is 2.24. The normalized spacial score (nSPS) is 11.0. The molecule has 3 N–H and O–H groups in total. The molecule has 0 spiro atoms. The summed E-state index contributed by atoms with van der Waals surface area (Å²) in [6.07, 6.45) is 2.08. The molecular weight excluding hydrogens is 320 g/mol. The Bertz CT molecular complexity index is 1110. The van der Waals surface area contributed by atoms with Gasteiger partial charge < -0.3 is 19.8 Å². The SMILES string of the molecule is O=C(Cc1c[nH]c2ccccc12)Nc1ccc2oc(C(=O)O)cc2c1. The van der Waals surface area contributed by atoms with E-state index in [0.717, 1.165) is 16.5 Å². The fourth-order valence-corrected chi connectivity index (χ4v) is 2.88. The molecule has 0 aliphatic rings. The van der Waals surface area contributed by atoms with Crippen LogP contribution in [0.2, 0.25) is 0 Å². The van der Waals surface area contributed by atoms with Crippen molar-refractivity contribution in [3.63, 3.8) is 0 Å². The van der Waals surface area contributed by atoms with Crippen LogP contribution in [0.5, 0.6) is 0 Å². The Morgan fingerprint density at radius 3 is 2.80 bits per heavy atom. The summed E-state index contributed by atoms with van der Waals surface area (Å²) in [6.45, 7) is 0. The molecule has 0 fully saturated rings. The van der Waals surface area contributed by atoms with Crippen molar-refractivity contribution in [1.29, 1.82) is 0 Å². The van der Waals surface area contributed by atoms with E-state index >= 15 is 0 Å². The van der Waals surface area contributed by atoms with Crippen LogP contribution in [0.4, 0.5) is 5.69 Å². The summed E-state index contributed by atoms with van der Waals surface area (Å²) in [5.74, 6) is -1.40. The number of aromatic nitrogens is 1. The predicted molar refractivity (Wildman–Crippen MR) is 93.8 cm³/mol. The molecule has 0 aliphatic heterocycles. The minimum absolute atomic E-state index is 0.128. The van der Waals surface area contributed by atoms with E-state index in [0.29, 0.717) is 16.7 Å². The van der Waals surface area contributed by atoms with E-state index < -0.39 is 5.97 Å². The molecule has 2 aromatic heterocycles. The fourth-order valence-electron chi connectivity index (χ4n) is 2.88. The zero-order chi connectivity index (χ0) is 17.4. The van der Waals surface area contributed by atoms with E-state index in [9.17, 15) is 9.59 Å². The summed E-state index contributed by atoms with van der Waals surface area (Å²) >= 11 is 0. The van der Waals surface area contributed by atoms with Crippen molar-refractivity contribution >= 4 is 39.4 Å². The van der Waals surface area contributed by atoms with Crippen LogP contribution in [0.25, 0.3) is 21.9 Å². The molecule has 0 radical (unpaired) electrons. The number of rotatable bonds is 4. The van der Waals surface area contributed by atoms with Crippen LogP contribution in [-0.2, 0) is 11.2 Å². The van der Waals surface area contributed by atoms with Crippen LogP contribution in [0.3, 0.4) is 0 Å². The number of fused-ring (bicyclic) bond motifs is 2. The van der Waals surface area contributed by atoms with Crippen LogP contribution >= 0.6 is 0 Å². The summed E-state index contributed by atoms with van der Waals surface area (Å²) in [6, 6.07) is 14.3. The van der Waals surface area contributed by atoms with Crippen molar-refractivity contribution in [2.75, 3.05) is 5.32 Å². The number of anilines is 1. The first-order chi connectivity index (χ1) is 12.1. The molecule has 6 nitrogen and oxygen atoms in total. The molecule has 25 heavy (non-hydrogen) atoms. The molecule has 1 amide bonds. The summed E-state index contributed by atoms with van der Waals surface area (Å²) in [4.78, 5) is 26.4. The number of carbonyl (C=O) groups excluding carboxylic acids is 1. The second-order valence-electron chi connectivity index (χ2n) is 5.75. The van der Waals surface area contributed by atoms with Gasteiger partial charge in [-0.05, 0) is 35.9 Å². The number of carbonyl (C=O) groups is 2. The van der Waals surface area contributed by atoms with E-state index in [2.05, 4.69) is 10.3 Å². The molecule has 4 aromatic rings. The number of aromatic carboxylic acids is 1.